The monoisotopic (exact) mass is 251 g/mol. The van der Waals surface area contributed by atoms with Crippen molar-refractivity contribution in [2.45, 2.75) is 32.6 Å². The maximum atomic E-state index is 4.52. The van der Waals surface area contributed by atoms with Crippen LogP contribution in [0.15, 0.2) is 60.8 Å². The summed E-state index contributed by atoms with van der Waals surface area (Å²) in [5.74, 6) is 0.421. The van der Waals surface area contributed by atoms with Gasteiger partial charge in [-0.25, -0.2) is 0 Å². The van der Waals surface area contributed by atoms with Crippen LogP contribution in [-0.2, 0) is 6.42 Å². The molecular formula is C18H21N. The second-order valence-corrected chi connectivity index (χ2v) is 4.89. The molecule has 1 heterocycles. The molecule has 0 amide bonds. The molecule has 1 nitrogen and oxygen atoms in total. The molecule has 19 heavy (non-hydrogen) atoms. The van der Waals surface area contributed by atoms with Crippen molar-refractivity contribution in [3.05, 3.63) is 77.6 Å². The molecule has 0 N–H and O–H groups in total. The van der Waals surface area contributed by atoms with Crippen LogP contribution in [0.4, 0.5) is 0 Å². The van der Waals surface area contributed by atoms with Crippen LogP contribution in [0.25, 0.3) is 0 Å². The topological polar surface area (TPSA) is 12.9 Å². The van der Waals surface area contributed by atoms with Crippen molar-refractivity contribution in [1.82, 2.24) is 4.98 Å². The first-order valence-corrected chi connectivity index (χ1v) is 6.92. The van der Waals surface area contributed by atoms with E-state index in [1.807, 2.05) is 6.20 Å². The first-order valence-electron chi connectivity index (χ1n) is 6.92. The Balaban J connectivity index is 2.01. The van der Waals surface area contributed by atoms with Gasteiger partial charge in [0.05, 0.1) is 0 Å². The Kier molecular flexibility index (Phi) is 4.91. The summed E-state index contributed by atoms with van der Waals surface area (Å²) in [6.07, 6.45) is 8.56. The molecule has 1 heteroatoms. The van der Waals surface area contributed by atoms with Gasteiger partial charge in [-0.2, -0.15) is 0 Å². The van der Waals surface area contributed by atoms with Crippen molar-refractivity contribution in [3.8, 4) is 0 Å². The molecule has 1 unspecified atom stereocenters. The zero-order valence-electron chi connectivity index (χ0n) is 11.7. The lowest BCUT2D eigenvalue weighted by atomic mass is 9.99. The maximum Gasteiger partial charge on any atom is 0.0472 e. The molecule has 0 fully saturated rings. The maximum absolute atomic E-state index is 4.52. The third-order valence-corrected chi connectivity index (χ3v) is 3.32. The fourth-order valence-electron chi connectivity index (χ4n) is 2.12. The molecule has 0 bridgehead atoms. The number of pyridine rings is 1. The van der Waals surface area contributed by atoms with Gasteiger partial charge in [0, 0.05) is 17.8 Å². The van der Waals surface area contributed by atoms with Gasteiger partial charge in [0.2, 0.25) is 0 Å². The summed E-state index contributed by atoms with van der Waals surface area (Å²) in [5, 5.41) is 0. The molecule has 0 saturated heterocycles. The Labute approximate surface area is 116 Å². The van der Waals surface area contributed by atoms with E-state index in [-0.39, 0.29) is 0 Å². The number of hydrogen-bond donors (Lipinski definition) is 0. The number of nitrogens with zero attached hydrogens (tertiary/aromatic N) is 1. The average molecular weight is 251 g/mol. The standard InChI is InChI=1S/C18H21N/c1-3-17(18-13-12-15(2)14-19-18)11-7-10-16-8-5-4-6-9-16/h4-9,11-14,17H,3,10H2,1-2H3/b11-7+. The van der Waals surface area contributed by atoms with Gasteiger partial charge < -0.3 is 0 Å². The molecule has 98 valence electrons. The fraction of sp³-hybridized carbons (Fsp3) is 0.278. The normalized spacial score (nSPS) is 12.7. The van der Waals surface area contributed by atoms with Crippen molar-refractivity contribution in [3.63, 3.8) is 0 Å². The van der Waals surface area contributed by atoms with Crippen molar-refractivity contribution in [1.29, 1.82) is 0 Å². The van der Waals surface area contributed by atoms with E-state index in [0.29, 0.717) is 5.92 Å². The molecule has 0 aliphatic carbocycles. The highest BCUT2D eigenvalue weighted by molar-refractivity contribution is 5.22. The van der Waals surface area contributed by atoms with Gasteiger partial charge in [0.1, 0.15) is 0 Å². The van der Waals surface area contributed by atoms with Gasteiger partial charge in [0.25, 0.3) is 0 Å². The highest BCUT2D eigenvalue weighted by Gasteiger charge is 2.06. The van der Waals surface area contributed by atoms with Crippen LogP contribution in [0.3, 0.4) is 0 Å². The van der Waals surface area contributed by atoms with Crippen molar-refractivity contribution in [2.75, 3.05) is 0 Å². The van der Waals surface area contributed by atoms with E-state index < -0.39 is 0 Å². The zero-order chi connectivity index (χ0) is 13.5. The third kappa shape index (κ3) is 4.06. The van der Waals surface area contributed by atoms with E-state index >= 15 is 0 Å². The SMILES string of the molecule is CCC(/C=C/Cc1ccccc1)c1ccc(C)cn1. The average Bonchev–Trinajstić information content (AvgIpc) is 2.46. The summed E-state index contributed by atoms with van der Waals surface area (Å²) in [6, 6.07) is 14.8. The van der Waals surface area contributed by atoms with E-state index in [1.54, 1.807) is 0 Å². The zero-order valence-corrected chi connectivity index (χ0v) is 11.7. The number of aromatic nitrogens is 1. The Morgan fingerprint density at radius 2 is 1.89 bits per heavy atom. The quantitative estimate of drug-likeness (QED) is 0.703. The van der Waals surface area contributed by atoms with E-state index in [4.69, 9.17) is 0 Å². The lowest BCUT2D eigenvalue weighted by molar-refractivity contribution is 0.771. The van der Waals surface area contributed by atoms with Crippen molar-refractivity contribution < 1.29 is 0 Å². The van der Waals surface area contributed by atoms with E-state index in [0.717, 1.165) is 18.5 Å². The van der Waals surface area contributed by atoms with Gasteiger partial charge in [-0.1, -0.05) is 55.5 Å². The van der Waals surface area contributed by atoms with Gasteiger partial charge >= 0.3 is 0 Å². The molecule has 2 aromatic rings. The second kappa shape index (κ2) is 6.89. The summed E-state index contributed by atoms with van der Waals surface area (Å²) in [5.41, 5.74) is 3.73. The summed E-state index contributed by atoms with van der Waals surface area (Å²) in [6.45, 7) is 4.28. The highest BCUT2D eigenvalue weighted by Crippen LogP contribution is 2.19. The van der Waals surface area contributed by atoms with Gasteiger partial charge in [-0.3, -0.25) is 4.98 Å². The first kappa shape index (κ1) is 13.5. The van der Waals surface area contributed by atoms with Gasteiger partial charge in [0.15, 0.2) is 0 Å². The van der Waals surface area contributed by atoms with Crippen LogP contribution in [0.1, 0.15) is 36.1 Å². The Morgan fingerprint density at radius 1 is 1.11 bits per heavy atom. The second-order valence-electron chi connectivity index (χ2n) is 4.89. The van der Waals surface area contributed by atoms with E-state index in [2.05, 4.69) is 73.4 Å². The lowest BCUT2D eigenvalue weighted by Crippen LogP contribution is -1.97. The van der Waals surface area contributed by atoms with Crippen LogP contribution in [0.2, 0.25) is 0 Å². The summed E-state index contributed by atoms with van der Waals surface area (Å²) in [7, 11) is 0. The summed E-state index contributed by atoms with van der Waals surface area (Å²) >= 11 is 0. The number of allylic oxidation sites excluding steroid dienone is 2. The third-order valence-electron chi connectivity index (χ3n) is 3.32. The summed E-state index contributed by atoms with van der Waals surface area (Å²) < 4.78 is 0. The predicted octanol–water partition coefficient (Wildman–Crippen LogP) is 4.68. The smallest absolute Gasteiger partial charge is 0.0472 e. The fourth-order valence-corrected chi connectivity index (χ4v) is 2.12. The van der Waals surface area contributed by atoms with Crippen LogP contribution in [-0.4, -0.2) is 4.98 Å². The molecule has 1 atom stereocenters. The molecule has 0 aliphatic heterocycles. The minimum atomic E-state index is 0.421. The van der Waals surface area contributed by atoms with Crippen LogP contribution in [0, 0.1) is 6.92 Å². The lowest BCUT2D eigenvalue weighted by Gasteiger charge is -2.09. The molecule has 0 spiro atoms. The van der Waals surface area contributed by atoms with Crippen LogP contribution in [0.5, 0.6) is 0 Å². The Hall–Kier alpha value is -1.89. The van der Waals surface area contributed by atoms with Crippen LogP contribution < -0.4 is 0 Å². The minimum Gasteiger partial charge on any atom is -0.260 e. The van der Waals surface area contributed by atoms with E-state index in [1.165, 1.54) is 11.1 Å². The molecular weight excluding hydrogens is 230 g/mol. The summed E-state index contributed by atoms with van der Waals surface area (Å²) in [4.78, 5) is 4.52. The molecule has 1 aromatic carbocycles. The first-order chi connectivity index (χ1) is 9.29. The Bertz CT molecular complexity index is 511. The molecule has 0 radical (unpaired) electrons. The molecule has 1 aromatic heterocycles. The number of benzene rings is 1. The van der Waals surface area contributed by atoms with Gasteiger partial charge in [-0.05, 0) is 37.0 Å². The minimum absolute atomic E-state index is 0.421. The largest absolute Gasteiger partial charge is 0.260 e. The molecule has 0 saturated carbocycles. The van der Waals surface area contributed by atoms with Gasteiger partial charge in [-0.15, -0.1) is 0 Å². The molecule has 2 rings (SSSR count). The predicted molar refractivity (Wildman–Crippen MR) is 81.3 cm³/mol. The van der Waals surface area contributed by atoms with Crippen molar-refractivity contribution in [2.24, 2.45) is 0 Å². The van der Waals surface area contributed by atoms with Crippen LogP contribution >= 0.6 is 0 Å². The number of aryl methyl sites for hydroxylation is 1. The molecule has 0 aliphatic rings. The number of rotatable bonds is 5. The Morgan fingerprint density at radius 3 is 2.53 bits per heavy atom. The highest BCUT2D eigenvalue weighted by atomic mass is 14.7. The number of hydrogen-bond acceptors (Lipinski definition) is 1. The van der Waals surface area contributed by atoms with Crippen molar-refractivity contribution >= 4 is 0 Å². The van der Waals surface area contributed by atoms with E-state index in [9.17, 15) is 0 Å².